The van der Waals surface area contributed by atoms with Crippen molar-refractivity contribution in [2.75, 3.05) is 0 Å². The first-order chi connectivity index (χ1) is 5.77. The fourth-order valence-electron chi connectivity index (χ4n) is 1.06. The van der Waals surface area contributed by atoms with Crippen LogP contribution in [0.3, 0.4) is 0 Å². The zero-order valence-electron chi connectivity index (χ0n) is 8.13. The van der Waals surface area contributed by atoms with Gasteiger partial charge in [-0.3, -0.25) is 0 Å². The van der Waals surface area contributed by atoms with E-state index in [-0.39, 0.29) is 103 Å². The van der Waals surface area contributed by atoms with Crippen LogP contribution in [0.15, 0.2) is 24.3 Å². The minimum atomic E-state index is 0. The van der Waals surface area contributed by atoms with Gasteiger partial charge in [-0.2, -0.15) is 0 Å². The Kier molecular flexibility index (Phi) is 8.80. The molecule has 2 N–H and O–H groups in total. The van der Waals surface area contributed by atoms with Gasteiger partial charge in [-0.05, 0) is 12.1 Å². The molecule has 0 saturated heterocycles. The standard InChI is InChI=1S/C8H6N2S2.2K/c11-7-8(12)10-6-4-2-1-3-5(6)9-7;;/h1-4H,(H,9,11)(H,10,12);;. The first-order valence-electron chi connectivity index (χ1n) is 3.49. The Morgan fingerprint density at radius 3 is 1.50 bits per heavy atom. The molecule has 0 saturated carbocycles. The summed E-state index contributed by atoms with van der Waals surface area (Å²) in [6, 6.07) is 7.81. The van der Waals surface area contributed by atoms with Gasteiger partial charge in [-0.15, -0.1) is 0 Å². The third-order valence-corrected chi connectivity index (χ3v) is 2.37. The Bertz CT molecular complexity index is 484. The molecule has 0 unspecified atom stereocenters. The van der Waals surface area contributed by atoms with E-state index in [2.05, 4.69) is 9.97 Å². The van der Waals surface area contributed by atoms with Crippen molar-refractivity contribution in [1.29, 1.82) is 0 Å². The Morgan fingerprint density at radius 1 is 0.786 bits per heavy atom. The van der Waals surface area contributed by atoms with Gasteiger partial charge < -0.3 is 9.97 Å². The van der Waals surface area contributed by atoms with E-state index in [1.165, 1.54) is 0 Å². The minimum absolute atomic E-state index is 0. The molecule has 14 heavy (non-hydrogen) atoms. The molecule has 0 aliphatic heterocycles. The largest absolute Gasteiger partial charge is 0.342 e. The summed E-state index contributed by atoms with van der Waals surface area (Å²) in [6.07, 6.45) is 0. The van der Waals surface area contributed by atoms with Gasteiger partial charge >= 0.3 is 0 Å². The van der Waals surface area contributed by atoms with E-state index in [1.54, 1.807) is 0 Å². The minimum Gasteiger partial charge on any atom is -0.342 e. The number of nitrogens with one attached hydrogen (secondary N) is 2. The molecule has 0 bridgehead atoms. The average Bonchev–Trinajstić information content (AvgIpc) is 2.07. The summed E-state index contributed by atoms with van der Waals surface area (Å²) in [6.45, 7) is 0. The molecule has 0 amide bonds. The number of rotatable bonds is 0. The number of benzene rings is 1. The SMILES string of the molecule is S=c1[nH]c2ccccc2[nH]c1=S.[K].[K]. The molecular weight excluding hydrogens is 266 g/mol. The predicted molar refractivity (Wildman–Crippen MR) is 65.8 cm³/mol. The van der Waals surface area contributed by atoms with Crippen molar-refractivity contribution in [2.24, 2.45) is 0 Å². The summed E-state index contributed by atoms with van der Waals surface area (Å²) >= 11 is 9.98. The first kappa shape index (κ1) is 16.3. The van der Waals surface area contributed by atoms with Crippen molar-refractivity contribution < 1.29 is 0 Å². The maximum absolute atomic E-state index is 4.99. The maximum atomic E-state index is 4.99. The third kappa shape index (κ3) is 3.94. The Morgan fingerprint density at radius 2 is 1.14 bits per heavy atom. The summed E-state index contributed by atoms with van der Waals surface area (Å²) in [5.74, 6) is 0. The molecule has 1 aromatic heterocycles. The predicted octanol–water partition coefficient (Wildman–Crippen LogP) is 2.19. The van der Waals surface area contributed by atoms with Crippen LogP contribution in [0.4, 0.5) is 0 Å². The fraction of sp³-hybridized carbons (Fsp3) is 0. The molecule has 1 aromatic carbocycles. The molecule has 0 atom stereocenters. The summed E-state index contributed by atoms with van der Waals surface area (Å²) in [4.78, 5) is 6.07. The monoisotopic (exact) mass is 272 g/mol. The Hall–Kier alpha value is 2.27. The topological polar surface area (TPSA) is 31.6 Å². The Labute approximate surface area is 177 Å². The number of fused-ring (bicyclic) bond motifs is 1. The van der Waals surface area contributed by atoms with E-state index >= 15 is 0 Å². The number of para-hydroxylation sites is 2. The van der Waals surface area contributed by atoms with E-state index < -0.39 is 0 Å². The van der Waals surface area contributed by atoms with Crippen molar-refractivity contribution in [3.63, 3.8) is 0 Å². The quantitative estimate of drug-likeness (QED) is 0.569. The van der Waals surface area contributed by atoms with Crippen LogP contribution in [0.5, 0.6) is 0 Å². The molecule has 2 radical (unpaired) electrons. The third-order valence-electron chi connectivity index (χ3n) is 1.63. The van der Waals surface area contributed by atoms with Gasteiger partial charge in [-0.25, -0.2) is 0 Å². The van der Waals surface area contributed by atoms with E-state index in [1.807, 2.05) is 24.3 Å². The number of hydrogen-bond donors (Lipinski definition) is 2. The zero-order valence-corrected chi connectivity index (χ0v) is 16.0. The van der Waals surface area contributed by atoms with Crippen molar-refractivity contribution in [3.05, 3.63) is 33.5 Å². The van der Waals surface area contributed by atoms with Crippen LogP contribution in [-0.2, 0) is 0 Å². The molecule has 2 aromatic rings. The van der Waals surface area contributed by atoms with Gasteiger partial charge in [0, 0.05) is 103 Å². The number of aromatic amines is 2. The van der Waals surface area contributed by atoms with Crippen molar-refractivity contribution in [1.82, 2.24) is 9.97 Å². The van der Waals surface area contributed by atoms with Gasteiger partial charge in [0.15, 0.2) is 0 Å². The molecule has 0 aliphatic rings. The molecular formula is C8H6K2N2S2. The molecule has 2 nitrogen and oxygen atoms in total. The zero-order chi connectivity index (χ0) is 8.55. The van der Waals surface area contributed by atoms with Crippen molar-refractivity contribution >= 4 is 138 Å². The van der Waals surface area contributed by atoms with Gasteiger partial charge in [0.2, 0.25) is 0 Å². The second-order valence-corrected chi connectivity index (χ2v) is 3.27. The van der Waals surface area contributed by atoms with Crippen LogP contribution in [0, 0.1) is 9.28 Å². The van der Waals surface area contributed by atoms with Gasteiger partial charge in [-0.1, -0.05) is 36.6 Å². The van der Waals surface area contributed by atoms with Crippen LogP contribution in [-0.4, -0.2) is 113 Å². The first-order valence-corrected chi connectivity index (χ1v) is 4.30. The van der Waals surface area contributed by atoms with E-state index in [4.69, 9.17) is 24.4 Å². The average molecular weight is 272 g/mol. The summed E-state index contributed by atoms with van der Waals surface area (Å²) < 4.78 is 1.17. The number of hydrogen-bond acceptors (Lipinski definition) is 2. The molecule has 0 spiro atoms. The van der Waals surface area contributed by atoms with Crippen LogP contribution in [0.1, 0.15) is 0 Å². The van der Waals surface area contributed by atoms with Gasteiger partial charge in [0.1, 0.15) is 9.28 Å². The van der Waals surface area contributed by atoms with E-state index in [0.717, 1.165) is 11.0 Å². The molecule has 62 valence electrons. The molecule has 0 fully saturated rings. The summed E-state index contributed by atoms with van der Waals surface area (Å²) in [7, 11) is 0. The number of aromatic nitrogens is 2. The smallest absolute Gasteiger partial charge is 0.138 e. The molecule has 2 rings (SSSR count). The van der Waals surface area contributed by atoms with Gasteiger partial charge in [0.25, 0.3) is 0 Å². The van der Waals surface area contributed by atoms with Crippen LogP contribution < -0.4 is 0 Å². The van der Waals surface area contributed by atoms with Crippen molar-refractivity contribution in [3.8, 4) is 0 Å². The molecule has 6 heteroatoms. The fourth-order valence-corrected chi connectivity index (χ4v) is 1.38. The molecule has 1 heterocycles. The molecule has 0 aliphatic carbocycles. The maximum Gasteiger partial charge on any atom is 0.138 e. The summed E-state index contributed by atoms with van der Waals surface area (Å²) in [5, 5.41) is 0. The van der Waals surface area contributed by atoms with E-state index in [0.29, 0.717) is 9.28 Å². The van der Waals surface area contributed by atoms with Gasteiger partial charge in [0.05, 0.1) is 11.0 Å². The summed E-state index contributed by atoms with van der Waals surface area (Å²) in [5.41, 5.74) is 1.97. The second kappa shape index (κ2) is 7.57. The normalized spacial score (nSPS) is 8.86. The van der Waals surface area contributed by atoms with Crippen molar-refractivity contribution in [2.45, 2.75) is 0 Å². The van der Waals surface area contributed by atoms with E-state index in [9.17, 15) is 0 Å². The number of H-pyrrole nitrogens is 2. The second-order valence-electron chi connectivity index (χ2n) is 2.45. The van der Waals surface area contributed by atoms with Crippen LogP contribution in [0.2, 0.25) is 0 Å². The Balaban J connectivity index is 0.000000845. The van der Waals surface area contributed by atoms with Crippen LogP contribution in [0.25, 0.3) is 11.0 Å². The van der Waals surface area contributed by atoms with Crippen LogP contribution >= 0.6 is 24.4 Å².